The second-order valence-electron chi connectivity index (χ2n) is 7.12. The molecular weight excluding hydrogens is 363 g/mol. The Kier molecular flexibility index (Phi) is 6.80. The summed E-state index contributed by atoms with van der Waals surface area (Å²) in [7, 11) is 0. The van der Waals surface area contributed by atoms with Crippen molar-refractivity contribution < 1.29 is 27.9 Å². The fourth-order valence-corrected chi connectivity index (χ4v) is 3.66. The number of pyridine rings is 1. The number of hydrogen-bond acceptors (Lipinski definition) is 4. The molecule has 1 N–H and O–H groups in total. The molecule has 27 heavy (non-hydrogen) atoms. The molecule has 1 aromatic heterocycles. The van der Waals surface area contributed by atoms with Crippen molar-refractivity contribution in [2.24, 2.45) is 5.92 Å². The van der Waals surface area contributed by atoms with Crippen molar-refractivity contribution in [3.63, 3.8) is 0 Å². The first-order chi connectivity index (χ1) is 12.6. The van der Waals surface area contributed by atoms with Crippen LogP contribution in [0.5, 0.6) is 0 Å². The summed E-state index contributed by atoms with van der Waals surface area (Å²) >= 11 is 0. The number of carboxylic acid groups (broad SMARTS) is 1. The van der Waals surface area contributed by atoms with E-state index in [1.807, 2.05) is 23.1 Å². The number of hydrogen-bond donors (Lipinski definition) is 1. The van der Waals surface area contributed by atoms with Gasteiger partial charge in [-0.25, -0.2) is 4.79 Å². The van der Waals surface area contributed by atoms with Crippen LogP contribution in [0.4, 0.5) is 13.2 Å². The molecule has 2 aliphatic heterocycles. The first-order valence-corrected chi connectivity index (χ1v) is 8.87. The second-order valence-corrected chi connectivity index (χ2v) is 7.12. The number of likely N-dealkylation sites (tertiary alicyclic amines) is 2. The largest absolute Gasteiger partial charge is 0.490 e. The van der Waals surface area contributed by atoms with Crippen LogP contribution in [0.25, 0.3) is 0 Å². The Hall–Kier alpha value is -2.16. The number of carbonyl (C=O) groups is 2. The predicted molar refractivity (Wildman–Crippen MR) is 92.2 cm³/mol. The van der Waals surface area contributed by atoms with Gasteiger partial charge in [-0.15, -0.1) is 0 Å². The molecular formula is C18H24F3N3O3. The zero-order valence-corrected chi connectivity index (χ0v) is 15.3. The Labute approximate surface area is 156 Å². The lowest BCUT2D eigenvalue weighted by Crippen LogP contribution is -2.40. The molecule has 0 saturated carbocycles. The maximum atomic E-state index is 12.6. The Bertz CT molecular complexity index is 652. The molecule has 2 saturated heterocycles. The van der Waals surface area contributed by atoms with E-state index in [0.717, 1.165) is 32.5 Å². The van der Waals surface area contributed by atoms with Gasteiger partial charge in [-0.3, -0.25) is 14.7 Å². The third-order valence-corrected chi connectivity index (χ3v) is 4.68. The minimum absolute atomic E-state index is 0.101. The van der Waals surface area contributed by atoms with Crippen LogP contribution in [0.15, 0.2) is 24.4 Å². The Morgan fingerprint density at radius 2 is 1.85 bits per heavy atom. The molecule has 150 valence electrons. The molecule has 9 heteroatoms. The van der Waals surface area contributed by atoms with Crippen molar-refractivity contribution in [2.45, 2.75) is 44.9 Å². The van der Waals surface area contributed by atoms with Gasteiger partial charge in [0.2, 0.25) is 0 Å². The minimum atomic E-state index is -5.08. The summed E-state index contributed by atoms with van der Waals surface area (Å²) < 4.78 is 31.7. The molecule has 6 nitrogen and oxygen atoms in total. The standard InChI is InChI=1S/C16H23N3O.C2HF3O2/c1-12(2)11-18-9-6-15-14(18)7-10-19(15)16(20)13-5-3-4-8-17-13;3-2(4,5)1(6)7/h3-5,8,12,14-15H,6-7,9-11H2,1-2H3;(H,6,7)/t14-,15+;/m0./s1. The molecule has 0 aromatic carbocycles. The van der Waals surface area contributed by atoms with E-state index in [1.54, 1.807) is 6.20 Å². The van der Waals surface area contributed by atoms with E-state index < -0.39 is 12.1 Å². The van der Waals surface area contributed by atoms with Crippen molar-refractivity contribution >= 4 is 11.9 Å². The van der Waals surface area contributed by atoms with Gasteiger partial charge in [-0.05, 0) is 30.9 Å². The molecule has 1 aromatic rings. The monoisotopic (exact) mass is 387 g/mol. The molecule has 0 radical (unpaired) electrons. The first kappa shape index (κ1) is 21.1. The molecule has 2 atom stereocenters. The van der Waals surface area contributed by atoms with Crippen LogP contribution in [0.3, 0.4) is 0 Å². The smallest absolute Gasteiger partial charge is 0.475 e. The Morgan fingerprint density at radius 3 is 2.37 bits per heavy atom. The topological polar surface area (TPSA) is 73.7 Å². The van der Waals surface area contributed by atoms with Crippen LogP contribution in [0.2, 0.25) is 0 Å². The molecule has 0 spiro atoms. The van der Waals surface area contributed by atoms with Gasteiger partial charge in [-0.1, -0.05) is 19.9 Å². The zero-order chi connectivity index (χ0) is 20.2. The van der Waals surface area contributed by atoms with Crippen molar-refractivity contribution in [3.05, 3.63) is 30.1 Å². The van der Waals surface area contributed by atoms with Crippen LogP contribution in [0.1, 0.15) is 37.2 Å². The van der Waals surface area contributed by atoms with Gasteiger partial charge in [0.25, 0.3) is 5.91 Å². The first-order valence-electron chi connectivity index (χ1n) is 8.87. The highest BCUT2D eigenvalue weighted by molar-refractivity contribution is 5.92. The van der Waals surface area contributed by atoms with Crippen molar-refractivity contribution in [1.29, 1.82) is 0 Å². The van der Waals surface area contributed by atoms with E-state index in [2.05, 4.69) is 23.7 Å². The van der Waals surface area contributed by atoms with Crippen molar-refractivity contribution in [2.75, 3.05) is 19.6 Å². The van der Waals surface area contributed by atoms with Crippen LogP contribution in [-0.4, -0.2) is 69.7 Å². The van der Waals surface area contributed by atoms with Crippen LogP contribution >= 0.6 is 0 Å². The highest BCUT2D eigenvalue weighted by Crippen LogP contribution is 2.32. The van der Waals surface area contributed by atoms with E-state index in [4.69, 9.17) is 9.90 Å². The quantitative estimate of drug-likeness (QED) is 0.863. The molecule has 2 aliphatic rings. The summed E-state index contributed by atoms with van der Waals surface area (Å²) in [6.45, 7) is 7.67. The van der Waals surface area contributed by atoms with Gasteiger partial charge < -0.3 is 10.0 Å². The number of halogens is 3. The summed E-state index contributed by atoms with van der Waals surface area (Å²) in [6, 6.07) is 6.50. The van der Waals surface area contributed by atoms with Gasteiger partial charge in [0.15, 0.2) is 0 Å². The van der Waals surface area contributed by atoms with Gasteiger partial charge >= 0.3 is 12.1 Å². The Morgan fingerprint density at radius 1 is 1.22 bits per heavy atom. The highest BCUT2D eigenvalue weighted by Gasteiger charge is 2.44. The number of nitrogens with zero attached hydrogens (tertiary/aromatic N) is 3. The fraction of sp³-hybridized carbons (Fsp3) is 0.611. The second kappa shape index (κ2) is 8.69. The lowest BCUT2D eigenvalue weighted by molar-refractivity contribution is -0.192. The van der Waals surface area contributed by atoms with E-state index in [9.17, 15) is 18.0 Å². The lowest BCUT2D eigenvalue weighted by Gasteiger charge is -2.26. The molecule has 0 aliphatic carbocycles. The number of carboxylic acids is 1. The summed E-state index contributed by atoms with van der Waals surface area (Å²) in [5, 5.41) is 7.12. The van der Waals surface area contributed by atoms with Crippen LogP contribution in [-0.2, 0) is 4.79 Å². The van der Waals surface area contributed by atoms with E-state index in [0.29, 0.717) is 23.7 Å². The number of amides is 1. The highest BCUT2D eigenvalue weighted by atomic mass is 19.4. The van der Waals surface area contributed by atoms with Gasteiger partial charge in [-0.2, -0.15) is 13.2 Å². The third-order valence-electron chi connectivity index (χ3n) is 4.68. The summed E-state index contributed by atoms with van der Waals surface area (Å²) in [5.74, 6) is -1.97. The number of aliphatic carboxylic acids is 1. The summed E-state index contributed by atoms with van der Waals surface area (Å²) in [4.78, 5) is 30.3. The fourth-order valence-electron chi connectivity index (χ4n) is 3.66. The molecule has 3 rings (SSSR count). The molecule has 2 fully saturated rings. The molecule has 1 amide bonds. The average molecular weight is 387 g/mol. The SMILES string of the molecule is CC(C)CN1CC[C@@H]2[C@@H]1CCN2C(=O)c1ccccn1.O=C(O)C(F)(F)F. The minimum Gasteiger partial charge on any atom is -0.475 e. The maximum absolute atomic E-state index is 12.6. The number of alkyl halides is 3. The number of carbonyl (C=O) groups excluding carboxylic acids is 1. The van der Waals surface area contributed by atoms with Crippen LogP contribution < -0.4 is 0 Å². The van der Waals surface area contributed by atoms with Gasteiger partial charge in [0, 0.05) is 37.9 Å². The summed E-state index contributed by atoms with van der Waals surface area (Å²) in [5.41, 5.74) is 0.579. The Balaban J connectivity index is 0.000000321. The van der Waals surface area contributed by atoms with Crippen molar-refractivity contribution in [3.8, 4) is 0 Å². The number of aromatic nitrogens is 1. The van der Waals surface area contributed by atoms with E-state index in [1.165, 1.54) is 0 Å². The van der Waals surface area contributed by atoms with E-state index >= 15 is 0 Å². The zero-order valence-electron chi connectivity index (χ0n) is 15.3. The molecule has 0 bridgehead atoms. The summed E-state index contributed by atoms with van der Waals surface area (Å²) in [6.07, 6.45) is -1.17. The van der Waals surface area contributed by atoms with Gasteiger partial charge in [0.05, 0.1) is 0 Å². The molecule has 3 heterocycles. The lowest BCUT2D eigenvalue weighted by atomic mass is 10.1. The van der Waals surface area contributed by atoms with Crippen molar-refractivity contribution in [1.82, 2.24) is 14.8 Å². The normalized spacial score (nSPS) is 22.4. The third kappa shape index (κ3) is 5.41. The van der Waals surface area contributed by atoms with E-state index in [-0.39, 0.29) is 5.91 Å². The number of fused-ring (bicyclic) bond motifs is 1. The average Bonchev–Trinajstić information content (AvgIpc) is 3.17. The predicted octanol–water partition coefficient (Wildman–Crippen LogP) is 2.66. The van der Waals surface area contributed by atoms with Crippen LogP contribution in [0, 0.1) is 5.92 Å². The van der Waals surface area contributed by atoms with Gasteiger partial charge in [0.1, 0.15) is 5.69 Å². The number of rotatable bonds is 3. The maximum Gasteiger partial charge on any atom is 0.490 e. The molecule has 0 unspecified atom stereocenters.